The Hall–Kier alpha value is -4.88. The standard InChI is InChI=1S/C38H28O/c1-2-3-4-5-13-26-14-12-15-27(24-26)37-30-17-6-8-19-32(30)38(33-20-9-7-18-31(33)37)28-22-23-36-34(25-28)29-16-10-11-21-35(29)39-36/h2,5-25H,1,3-4H2/b13-5+. The number of furan rings is 1. The molecule has 0 spiro atoms. The summed E-state index contributed by atoms with van der Waals surface area (Å²) < 4.78 is 6.14. The molecule has 7 rings (SSSR count). The quantitative estimate of drug-likeness (QED) is 0.126. The first kappa shape index (κ1) is 23.3. The smallest absolute Gasteiger partial charge is 0.135 e. The van der Waals surface area contributed by atoms with Gasteiger partial charge >= 0.3 is 0 Å². The van der Waals surface area contributed by atoms with Gasteiger partial charge in [-0.15, -0.1) is 6.58 Å². The molecule has 39 heavy (non-hydrogen) atoms. The maximum atomic E-state index is 6.14. The molecule has 0 aliphatic carbocycles. The van der Waals surface area contributed by atoms with Crippen LogP contribution in [-0.2, 0) is 0 Å². The minimum Gasteiger partial charge on any atom is -0.456 e. The molecule has 0 unspecified atom stereocenters. The predicted molar refractivity (Wildman–Crippen MR) is 168 cm³/mol. The lowest BCUT2D eigenvalue weighted by Crippen LogP contribution is -1.91. The second kappa shape index (κ2) is 9.78. The second-order valence-electron chi connectivity index (χ2n) is 10.0. The Kier molecular flexibility index (Phi) is 5.83. The molecule has 0 saturated carbocycles. The zero-order valence-electron chi connectivity index (χ0n) is 21.7. The normalized spacial score (nSPS) is 11.8. The summed E-state index contributed by atoms with van der Waals surface area (Å²) in [7, 11) is 0. The van der Waals surface area contributed by atoms with Gasteiger partial charge in [0.25, 0.3) is 0 Å². The lowest BCUT2D eigenvalue weighted by Gasteiger charge is -2.18. The maximum absolute atomic E-state index is 6.14. The van der Waals surface area contributed by atoms with Gasteiger partial charge in [-0.3, -0.25) is 0 Å². The van der Waals surface area contributed by atoms with E-state index in [1.54, 1.807) is 0 Å². The summed E-state index contributed by atoms with van der Waals surface area (Å²) in [6, 6.07) is 41.4. The van der Waals surface area contributed by atoms with Crippen molar-refractivity contribution in [1.29, 1.82) is 0 Å². The lowest BCUT2D eigenvalue weighted by molar-refractivity contribution is 0.669. The van der Waals surface area contributed by atoms with E-state index in [1.165, 1.54) is 49.4 Å². The molecule has 0 bridgehead atoms. The monoisotopic (exact) mass is 500 g/mol. The average Bonchev–Trinajstić information content (AvgIpc) is 3.36. The highest BCUT2D eigenvalue weighted by molar-refractivity contribution is 6.22. The van der Waals surface area contributed by atoms with Gasteiger partial charge < -0.3 is 4.42 Å². The molecule has 1 heteroatoms. The van der Waals surface area contributed by atoms with E-state index < -0.39 is 0 Å². The maximum Gasteiger partial charge on any atom is 0.135 e. The van der Waals surface area contributed by atoms with Crippen molar-refractivity contribution in [3.05, 3.63) is 140 Å². The van der Waals surface area contributed by atoms with E-state index in [-0.39, 0.29) is 0 Å². The third-order valence-electron chi connectivity index (χ3n) is 7.62. The Morgan fingerprint density at radius 2 is 1.10 bits per heavy atom. The highest BCUT2D eigenvalue weighted by atomic mass is 16.3. The van der Waals surface area contributed by atoms with Crippen LogP contribution in [0.1, 0.15) is 18.4 Å². The number of unbranched alkanes of at least 4 members (excludes halogenated alkanes) is 1. The van der Waals surface area contributed by atoms with Crippen LogP contribution in [0.4, 0.5) is 0 Å². The summed E-state index contributed by atoms with van der Waals surface area (Å²) >= 11 is 0. The molecule has 0 aliphatic rings. The predicted octanol–water partition coefficient (Wildman–Crippen LogP) is 11.2. The van der Waals surface area contributed by atoms with E-state index in [4.69, 9.17) is 4.42 Å². The van der Waals surface area contributed by atoms with Crippen molar-refractivity contribution in [1.82, 2.24) is 0 Å². The molecule has 1 heterocycles. The van der Waals surface area contributed by atoms with Crippen LogP contribution in [0.15, 0.2) is 138 Å². The molecule has 7 aromatic rings. The zero-order chi connectivity index (χ0) is 26.2. The van der Waals surface area contributed by atoms with Crippen LogP contribution in [0.25, 0.3) is 71.8 Å². The van der Waals surface area contributed by atoms with Crippen molar-refractivity contribution >= 4 is 49.6 Å². The van der Waals surface area contributed by atoms with E-state index in [0.29, 0.717) is 0 Å². The van der Waals surface area contributed by atoms with Gasteiger partial charge in [0, 0.05) is 10.8 Å². The van der Waals surface area contributed by atoms with E-state index in [1.807, 2.05) is 18.2 Å². The zero-order valence-corrected chi connectivity index (χ0v) is 21.7. The first-order valence-corrected chi connectivity index (χ1v) is 13.5. The van der Waals surface area contributed by atoms with Gasteiger partial charge in [-0.2, -0.15) is 0 Å². The summed E-state index contributed by atoms with van der Waals surface area (Å²) in [5, 5.41) is 7.33. The van der Waals surface area contributed by atoms with E-state index in [0.717, 1.165) is 34.8 Å². The summed E-state index contributed by atoms with van der Waals surface area (Å²) in [5.41, 5.74) is 8.03. The minimum absolute atomic E-state index is 0.920. The highest BCUT2D eigenvalue weighted by Crippen LogP contribution is 2.44. The molecule has 1 aromatic heterocycles. The van der Waals surface area contributed by atoms with Crippen LogP contribution in [-0.4, -0.2) is 0 Å². The van der Waals surface area contributed by atoms with Crippen LogP contribution in [0.3, 0.4) is 0 Å². The van der Waals surface area contributed by atoms with Gasteiger partial charge in [0.1, 0.15) is 11.2 Å². The van der Waals surface area contributed by atoms with Gasteiger partial charge in [0.15, 0.2) is 0 Å². The minimum atomic E-state index is 0.920. The van der Waals surface area contributed by atoms with Crippen molar-refractivity contribution in [2.45, 2.75) is 12.8 Å². The summed E-state index contributed by atoms with van der Waals surface area (Å²) in [6.45, 7) is 3.83. The molecule has 6 aromatic carbocycles. The Bertz CT molecular complexity index is 1980. The van der Waals surface area contributed by atoms with E-state index >= 15 is 0 Å². The third kappa shape index (κ3) is 4.04. The molecule has 0 fully saturated rings. The molecule has 0 N–H and O–H groups in total. The third-order valence-corrected chi connectivity index (χ3v) is 7.62. The average molecular weight is 501 g/mol. The van der Waals surface area contributed by atoms with Crippen molar-refractivity contribution in [2.75, 3.05) is 0 Å². The fourth-order valence-electron chi connectivity index (χ4n) is 5.86. The first-order chi connectivity index (χ1) is 19.3. The molecule has 0 radical (unpaired) electrons. The largest absolute Gasteiger partial charge is 0.456 e. The number of hydrogen-bond donors (Lipinski definition) is 0. The Morgan fingerprint density at radius 1 is 0.513 bits per heavy atom. The van der Waals surface area contributed by atoms with Gasteiger partial charge in [-0.1, -0.05) is 109 Å². The van der Waals surface area contributed by atoms with Crippen LogP contribution in [0.5, 0.6) is 0 Å². The Labute approximate surface area is 228 Å². The Morgan fingerprint density at radius 3 is 1.77 bits per heavy atom. The van der Waals surface area contributed by atoms with Crippen molar-refractivity contribution in [2.24, 2.45) is 0 Å². The fourth-order valence-corrected chi connectivity index (χ4v) is 5.86. The molecule has 0 atom stereocenters. The molecular weight excluding hydrogens is 472 g/mol. The number of allylic oxidation sites excluding steroid dienone is 2. The molecular formula is C38H28O. The van der Waals surface area contributed by atoms with Crippen molar-refractivity contribution in [3.63, 3.8) is 0 Å². The van der Waals surface area contributed by atoms with Crippen LogP contribution in [0.2, 0.25) is 0 Å². The molecule has 0 aliphatic heterocycles. The number of fused-ring (bicyclic) bond motifs is 5. The van der Waals surface area contributed by atoms with Gasteiger partial charge in [0.05, 0.1) is 0 Å². The molecule has 0 amide bonds. The van der Waals surface area contributed by atoms with Gasteiger partial charge in [0.2, 0.25) is 0 Å². The molecule has 1 nitrogen and oxygen atoms in total. The van der Waals surface area contributed by atoms with Crippen LogP contribution >= 0.6 is 0 Å². The van der Waals surface area contributed by atoms with Gasteiger partial charge in [-0.25, -0.2) is 0 Å². The van der Waals surface area contributed by atoms with Crippen LogP contribution in [0, 0.1) is 0 Å². The molecule has 186 valence electrons. The second-order valence-corrected chi connectivity index (χ2v) is 10.0. The van der Waals surface area contributed by atoms with Crippen molar-refractivity contribution < 1.29 is 4.42 Å². The number of para-hydroxylation sites is 1. The fraction of sp³-hybridized carbons (Fsp3) is 0.0526. The number of hydrogen-bond acceptors (Lipinski definition) is 1. The summed E-state index contributed by atoms with van der Waals surface area (Å²) in [4.78, 5) is 0. The highest BCUT2D eigenvalue weighted by Gasteiger charge is 2.17. The van der Waals surface area contributed by atoms with Crippen LogP contribution < -0.4 is 0 Å². The first-order valence-electron chi connectivity index (χ1n) is 13.5. The number of rotatable bonds is 6. The van der Waals surface area contributed by atoms with E-state index in [2.05, 4.69) is 122 Å². The lowest BCUT2D eigenvalue weighted by atomic mass is 9.85. The topological polar surface area (TPSA) is 13.1 Å². The SMILES string of the molecule is C=CCC/C=C/c1cccc(-c2c3ccccc3c(-c3ccc4oc5ccccc5c4c3)c3ccccc23)c1. The molecule has 0 saturated heterocycles. The van der Waals surface area contributed by atoms with E-state index in [9.17, 15) is 0 Å². The summed E-state index contributed by atoms with van der Waals surface area (Å²) in [5.74, 6) is 0. The van der Waals surface area contributed by atoms with Gasteiger partial charge in [-0.05, 0) is 86.5 Å². The number of benzene rings is 6. The van der Waals surface area contributed by atoms with Crippen molar-refractivity contribution in [3.8, 4) is 22.3 Å². The summed E-state index contributed by atoms with van der Waals surface area (Å²) in [6.07, 6.45) is 8.41. The Balaban J connectivity index is 1.49.